The Morgan fingerprint density at radius 2 is 2.22 bits per heavy atom. The van der Waals surface area contributed by atoms with Crippen molar-refractivity contribution in [2.24, 2.45) is 0 Å². The summed E-state index contributed by atoms with van der Waals surface area (Å²) in [5.41, 5.74) is 1.04. The molecule has 0 amide bonds. The lowest BCUT2D eigenvalue weighted by Crippen LogP contribution is -2.40. The number of H-pyrrole nitrogens is 1. The van der Waals surface area contributed by atoms with Crippen molar-refractivity contribution >= 4 is 28.9 Å². The second-order valence-corrected chi connectivity index (χ2v) is 6.70. The largest absolute Gasteiger partial charge is 0.369 e. The first kappa shape index (κ1) is 16.4. The van der Waals surface area contributed by atoms with E-state index in [0.29, 0.717) is 4.77 Å². The van der Waals surface area contributed by atoms with Crippen molar-refractivity contribution in [1.82, 2.24) is 14.9 Å². The third-order valence-corrected chi connectivity index (χ3v) is 4.97. The Morgan fingerprint density at radius 3 is 3.09 bits per heavy atom. The molecule has 4 nitrogen and oxygen atoms in total. The Balaban J connectivity index is 1.58. The van der Waals surface area contributed by atoms with Crippen LogP contribution in [-0.2, 0) is 0 Å². The minimum absolute atomic E-state index is 0.535. The molecule has 0 aliphatic carbocycles. The molecule has 2 aromatic rings. The van der Waals surface area contributed by atoms with Gasteiger partial charge >= 0.3 is 0 Å². The van der Waals surface area contributed by atoms with Crippen LogP contribution in [0.5, 0.6) is 0 Å². The summed E-state index contributed by atoms with van der Waals surface area (Å²) in [5.74, 6) is 0.898. The van der Waals surface area contributed by atoms with Gasteiger partial charge in [-0.15, -0.1) is 0 Å². The van der Waals surface area contributed by atoms with E-state index in [2.05, 4.69) is 33.2 Å². The fourth-order valence-corrected chi connectivity index (χ4v) is 3.75. The van der Waals surface area contributed by atoms with Crippen LogP contribution < -0.4 is 5.32 Å². The summed E-state index contributed by atoms with van der Waals surface area (Å²) >= 11 is 5.22. The topological polar surface area (TPSA) is 44.0 Å². The number of hydrogen-bond donors (Lipinski definition) is 2. The minimum Gasteiger partial charge on any atom is -0.369 e. The van der Waals surface area contributed by atoms with Crippen molar-refractivity contribution in [3.8, 4) is 0 Å². The Kier molecular flexibility index (Phi) is 5.62. The van der Waals surface area contributed by atoms with Gasteiger partial charge in [-0.3, -0.25) is 0 Å². The fourth-order valence-electron chi connectivity index (χ4n) is 3.54. The monoisotopic (exact) mass is 330 g/mol. The van der Waals surface area contributed by atoms with E-state index in [-0.39, 0.29) is 0 Å². The Bertz CT molecular complexity index is 697. The van der Waals surface area contributed by atoms with Gasteiger partial charge in [-0.25, -0.2) is 4.98 Å². The first-order valence-corrected chi connectivity index (χ1v) is 9.15. The van der Waals surface area contributed by atoms with Crippen molar-refractivity contribution in [2.75, 3.05) is 25.0 Å². The highest BCUT2D eigenvalue weighted by Crippen LogP contribution is 2.21. The van der Waals surface area contributed by atoms with E-state index in [9.17, 15) is 0 Å². The zero-order chi connectivity index (χ0) is 16.1. The Morgan fingerprint density at radius 1 is 1.35 bits per heavy atom. The van der Waals surface area contributed by atoms with Crippen LogP contribution in [0.3, 0.4) is 0 Å². The molecule has 23 heavy (non-hydrogen) atoms. The summed E-state index contributed by atoms with van der Waals surface area (Å²) in [6.45, 7) is 5.67. The zero-order valence-electron chi connectivity index (χ0n) is 13.8. The highest BCUT2D eigenvalue weighted by molar-refractivity contribution is 7.71. The van der Waals surface area contributed by atoms with E-state index in [4.69, 9.17) is 12.2 Å². The number of aromatic amines is 1. The van der Waals surface area contributed by atoms with Crippen LogP contribution in [0, 0.1) is 4.77 Å². The normalized spacial score (nSPS) is 19.1. The number of likely N-dealkylation sites (tertiary alicyclic amines) is 1. The summed E-state index contributed by atoms with van der Waals surface area (Å²) in [6.07, 6.45) is 6.52. The van der Waals surface area contributed by atoms with E-state index < -0.39 is 0 Å². The molecule has 1 atom stereocenters. The van der Waals surface area contributed by atoms with Crippen molar-refractivity contribution in [3.63, 3.8) is 0 Å². The lowest BCUT2D eigenvalue weighted by molar-refractivity contribution is 0.144. The molecule has 1 fully saturated rings. The molecule has 2 N–H and O–H groups in total. The van der Waals surface area contributed by atoms with Crippen LogP contribution in [0.15, 0.2) is 24.3 Å². The summed E-state index contributed by atoms with van der Waals surface area (Å²) in [6, 6.07) is 8.95. The van der Waals surface area contributed by atoms with Gasteiger partial charge in [-0.05, 0) is 56.6 Å². The van der Waals surface area contributed by atoms with Gasteiger partial charge in [-0.1, -0.05) is 25.5 Å². The molecular formula is C18H26N4S. The van der Waals surface area contributed by atoms with Crippen LogP contribution in [0.25, 0.3) is 10.9 Å². The standard InChI is InChI=1S/C18H26N4S/c1-2-14-8-5-6-12-22(14)13-7-11-19-17-15-9-3-4-10-16(15)20-18(23)21-17/h3-4,9-10,14H,2,5-8,11-13H2,1H3,(H2,19,20,21,23). The average Bonchev–Trinajstić information content (AvgIpc) is 2.58. The van der Waals surface area contributed by atoms with E-state index >= 15 is 0 Å². The number of rotatable bonds is 6. The maximum absolute atomic E-state index is 5.22. The smallest absolute Gasteiger partial charge is 0.199 e. The number of piperidine rings is 1. The molecule has 5 heteroatoms. The highest BCUT2D eigenvalue weighted by Gasteiger charge is 2.19. The number of hydrogen-bond acceptors (Lipinski definition) is 4. The van der Waals surface area contributed by atoms with Crippen LogP contribution in [0.4, 0.5) is 5.82 Å². The minimum atomic E-state index is 0.535. The van der Waals surface area contributed by atoms with Crippen molar-refractivity contribution in [1.29, 1.82) is 0 Å². The number of anilines is 1. The lowest BCUT2D eigenvalue weighted by Gasteiger charge is -2.35. The number of fused-ring (bicyclic) bond motifs is 1. The van der Waals surface area contributed by atoms with Crippen LogP contribution in [0.1, 0.15) is 39.0 Å². The zero-order valence-corrected chi connectivity index (χ0v) is 14.7. The molecule has 1 aliphatic rings. The van der Waals surface area contributed by atoms with E-state index in [1.54, 1.807) is 0 Å². The first-order chi connectivity index (χ1) is 11.3. The molecule has 1 aromatic carbocycles. The number of benzene rings is 1. The number of nitrogens with one attached hydrogen (secondary N) is 2. The van der Waals surface area contributed by atoms with E-state index in [1.807, 2.05) is 18.2 Å². The van der Waals surface area contributed by atoms with Crippen molar-refractivity contribution in [2.45, 2.75) is 45.1 Å². The van der Waals surface area contributed by atoms with Gasteiger partial charge in [-0.2, -0.15) is 0 Å². The van der Waals surface area contributed by atoms with Gasteiger partial charge in [0, 0.05) is 24.5 Å². The molecule has 0 bridgehead atoms. The Labute approximate surface area is 143 Å². The molecule has 1 aliphatic heterocycles. The quantitative estimate of drug-likeness (QED) is 0.610. The molecule has 124 valence electrons. The fraction of sp³-hybridized carbons (Fsp3) is 0.556. The third kappa shape index (κ3) is 4.09. The second kappa shape index (κ2) is 7.88. The molecule has 1 unspecified atom stereocenters. The molecule has 0 radical (unpaired) electrons. The number of para-hydroxylation sites is 1. The summed E-state index contributed by atoms with van der Waals surface area (Å²) in [7, 11) is 0. The second-order valence-electron chi connectivity index (χ2n) is 6.31. The molecule has 0 spiro atoms. The number of nitrogens with zero attached hydrogens (tertiary/aromatic N) is 2. The third-order valence-electron chi connectivity index (χ3n) is 4.77. The maximum Gasteiger partial charge on any atom is 0.199 e. The SMILES string of the molecule is CCC1CCCCN1CCCNc1nc(=S)[nH]c2ccccc12. The van der Waals surface area contributed by atoms with Crippen LogP contribution in [0.2, 0.25) is 0 Å². The highest BCUT2D eigenvalue weighted by atomic mass is 32.1. The molecular weight excluding hydrogens is 304 g/mol. The van der Waals surface area contributed by atoms with Gasteiger partial charge in [0.25, 0.3) is 0 Å². The number of aromatic nitrogens is 2. The van der Waals surface area contributed by atoms with Crippen molar-refractivity contribution in [3.05, 3.63) is 29.0 Å². The van der Waals surface area contributed by atoms with Crippen LogP contribution in [-0.4, -0.2) is 40.5 Å². The van der Waals surface area contributed by atoms with Gasteiger partial charge in [0.05, 0.1) is 5.52 Å². The Hall–Kier alpha value is -1.46. The summed E-state index contributed by atoms with van der Waals surface area (Å²) < 4.78 is 0.535. The predicted molar refractivity (Wildman–Crippen MR) is 99.5 cm³/mol. The summed E-state index contributed by atoms with van der Waals surface area (Å²) in [4.78, 5) is 10.3. The average molecular weight is 331 g/mol. The van der Waals surface area contributed by atoms with Gasteiger partial charge in [0.15, 0.2) is 4.77 Å². The molecule has 0 saturated carbocycles. The van der Waals surface area contributed by atoms with Crippen molar-refractivity contribution < 1.29 is 0 Å². The van der Waals surface area contributed by atoms with E-state index in [1.165, 1.54) is 38.8 Å². The van der Waals surface area contributed by atoms with Gasteiger partial charge in [0.1, 0.15) is 5.82 Å². The molecule has 2 heterocycles. The predicted octanol–water partition coefficient (Wildman–Crippen LogP) is 4.36. The van der Waals surface area contributed by atoms with Gasteiger partial charge in [0.2, 0.25) is 0 Å². The molecule has 3 rings (SSSR count). The maximum atomic E-state index is 5.22. The first-order valence-electron chi connectivity index (χ1n) is 8.75. The summed E-state index contributed by atoms with van der Waals surface area (Å²) in [5, 5.41) is 4.58. The lowest BCUT2D eigenvalue weighted by atomic mass is 10.00. The van der Waals surface area contributed by atoms with E-state index in [0.717, 1.165) is 35.7 Å². The molecule has 1 saturated heterocycles. The van der Waals surface area contributed by atoms with Crippen LogP contribution >= 0.6 is 12.2 Å². The molecule has 1 aromatic heterocycles. The van der Waals surface area contributed by atoms with Gasteiger partial charge < -0.3 is 15.2 Å².